The highest BCUT2D eigenvalue weighted by molar-refractivity contribution is 7.99. The van der Waals surface area contributed by atoms with Crippen LogP contribution in [0.15, 0.2) is 53.8 Å². The number of pyridine rings is 2. The number of thioether (sulfide) groups is 1. The molecule has 0 radical (unpaired) electrons. The molecular formula is C20H20N4O2S. The van der Waals surface area contributed by atoms with Crippen molar-refractivity contribution in [1.29, 1.82) is 0 Å². The molecule has 6 nitrogen and oxygen atoms in total. The number of hydrogen-bond donors (Lipinski definition) is 1. The van der Waals surface area contributed by atoms with E-state index in [1.54, 1.807) is 6.20 Å². The molecule has 1 fully saturated rings. The Kier molecular flexibility index (Phi) is 5.11. The summed E-state index contributed by atoms with van der Waals surface area (Å²) in [6, 6.07) is 13.5. The lowest BCUT2D eigenvalue weighted by Gasteiger charge is -2.29. The first-order valence-electron chi connectivity index (χ1n) is 8.80. The van der Waals surface area contributed by atoms with E-state index in [0.29, 0.717) is 23.0 Å². The van der Waals surface area contributed by atoms with E-state index in [1.807, 2.05) is 61.2 Å². The Morgan fingerprint density at radius 1 is 1.15 bits per heavy atom. The van der Waals surface area contributed by atoms with E-state index >= 15 is 0 Å². The Balaban J connectivity index is 1.75. The minimum atomic E-state index is 0.416. The Labute approximate surface area is 161 Å². The largest absolute Gasteiger partial charge is 0.436 e. The highest BCUT2D eigenvalue weighted by atomic mass is 32.2. The van der Waals surface area contributed by atoms with Crippen molar-refractivity contribution in [1.82, 2.24) is 14.9 Å². The van der Waals surface area contributed by atoms with Gasteiger partial charge in [0.1, 0.15) is 5.52 Å². The zero-order valence-corrected chi connectivity index (χ0v) is 15.8. The normalized spacial score (nSPS) is 15.1. The Bertz CT molecular complexity index is 981. The molecule has 0 unspecified atom stereocenters. The first-order chi connectivity index (χ1) is 13.3. The van der Waals surface area contributed by atoms with Gasteiger partial charge in [-0.1, -0.05) is 23.4 Å². The fraction of sp³-hybridized carbons (Fsp3) is 0.250. The first-order valence-corrected chi connectivity index (χ1v) is 9.96. The van der Waals surface area contributed by atoms with Crippen LogP contribution in [0.1, 0.15) is 11.3 Å². The number of amidine groups is 1. The van der Waals surface area contributed by atoms with Crippen LogP contribution in [-0.4, -0.2) is 50.5 Å². The quantitative estimate of drug-likeness (QED) is 0.321. The third kappa shape index (κ3) is 3.68. The second kappa shape index (κ2) is 7.84. The van der Waals surface area contributed by atoms with E-state index in [2.05, 4.69) is 20.0 Å². The standard InChI is InChI=1S/C20H20N4O2S/c1-14-7-8-16(19(23-25)24-10-12-27-13-11-24)20(22-14)26-17-6-2-4-15-5-3-9-21-18(15)17/h2-9,25H,10-13H2,1H3/b23-19-. The van der Waals surface area contributed by atoms with E-state index in [0.717, 1.165) is 41.2 Å². The van der Waals surface area contributed by atoms with Crippen molar-refractivity contribution in [3.8, 4) is 11.6 Å². The second-order valence-corrected chi connectivity index (χ2v) is 7.49. The molecule has 0 amide bonds. The van der Waals surface area contributed by atoms with Gasteiger partial charge in [0.15, 0.2) is 11.6 Å². The average Bonchev–Trinajstić information content (AvgIpc) is 2.71. The molecule has 0 atom stereocenters. The lowest BCUT2D eigenvalue weighted by molar-refractivity contribution is 0.303. The van der Waals surface area contributed by atoms with E-state index in [1.165, 1.54) is 0 Å². The predicted molar refractivity (Wildman–Crippen MR) is 108 cm³/mol. The van der Waals surface area contributed by atoms with Crippen LogP contribution in [0.25, 0.3) is 10.9 Å². The van der Waals surface area contributed by atoms with Crippen LogP contribution in [0.4, 0.5) is 0 Å². The number of oxime groups is 1. The summed E-state index contributed by atoms with van der Waals surface area (Å²) in [5.41, 5.74) is 2.27. The monoisotopic (exact) mass is 380 g/mol. The minimum absolute atomic E-state index is 0.416. The van der Waals surface area contributed by atoms with E-state index in [9.17, 15) is 5.21 Å². The van der Waals surface area contributed by atoms with Gasteiger partial charge in [-0.05, 0) is 31.2 Å². The molecule has 4 rings (SSSR count). The van der Waals surface area contributed by atoms with Crippen LogP contribution >= 0.6 is 11.8 Å². The molecule has 1 saturated heterocycles. The van der Waals surface area contributed by atoms with Crippen LogP contribution in [0.3, 0.4) is 0 Å². The fourth-order valence-electron chi connectivity index (χ4n) is 3.11. The number of hydrogen-bond acceptors (Lipinski definition) is 6. The maximum Gasteiger partial charge on any atom is 0.230 e. The lowest BCUT2D eigenvalue weighted by Crippen LogP contribution is -2.38. The molecule has 7 heteroatoms. The summed E-state index contributed by atoms with van der Waals surface area (Å²) in [4.78, 5) is 11.1. The predicted octanol–water partition coefficient (Wildman–Crippen LogP) is 3.92. The number of aromatic nitrogens is 2. The summed E-state index contributed by atoms with van der Waals surface area (Å²) >= 11 is 1.90. The van der Waals surface area contributed by atoms with Gasteiger partial charge in [-0.15, -0.1) is 0 Å². The van der Waals surface area contributed by atoms with Crippen LogP contribution in [0, 0.1) is 6.92 Å². The van der Waals surface area contributed by atoms with Gasteiger partial charge in [-0.2, -0.15) is 11.8 Å². The Morgan fingerprint density at radius 2 is 1.96 bits per heavy atom. The topological polar surface area (TPSA) is 70.8 Å². The van der Waals surface area contributed by atoms with Gasteiger partial charge in [0.05, 0.1) is 5.56 Å². The van der Waals surface area contributed by atoms with Crippen LogP contribution in [0.2, 0.25) is 0 Å². The highest BCUT2D eigenvalue weighted by Crippen LogP contribution is 2.30. The van der Waals surface area contributed by atoms with Gasteiger partial charge < -0.3 is 14.8 Å². The zero-order valence-electron chi connectivity index (χ0n) is 15.0. The molecule has 0 aliphatic carbocycles. The molecule has 2 aromatic heterocycles. The summed E-state index contributed by atoms with van der Waals surface area (Å²) < 4.78 is 6.18. The number of ether oxygens (including phenoxy) is 1. The average molecular weight is 380 g/mol. The molecule has 27 heavy (non-hydrogen) atoms. The van der Waals surface area contributed by atoms with Crippen LogP contribution in [0.5, 0.6) is 11.6 Å². The molecule has 0 bridgehead atoms. The summed E-state index contributed by atoms with van der Waals surface area (Å²) in [7, 11) is 0. The molecule has 1 aliphatic heterocycles. The number of benzene rings is 1. The number of nitrogens with zero attached hydrogens (tertiary/aromatic N) is 4. The summed E-state index contributed by atoms with van der Waals surface area (Å²) in [6.45, 7) is 3.56. The van der Waals surface area contributed by atoms with Crippen molar-refractivity contribution in [3.05, 3.63) is 59.9 Å². The maximum absolute atomic E-state index is 9.71. The number of para-hydroxylation sites is 1. The van der Waals surface area contributed by atoms with Gasteiger partial charge in [0.2, 0.25) is 5.88 Å². The highest BCUT2D eigenvalue weighted by Gasteiger charge is 2.22. The molecule has 1 aliphatic rings. The number of aryl methyl sites for hydroxylation is 1. The molecule has 0 spiro atoms. The second-order valence-electron chi connectivity index (χ2n) is 6.26. The molecule has 1 aromatic carbocycles. The molecule has 3 heterocycles. The minimum Gasteiger partial charge on any atom is -0.436 e. The third-order valence-electron chi connectivity index (χ3n) is 4.45. The van der Waals surface area contributed by atoms with Crippen molar-refractivity contribution >= 4 is 28.5 Å². The zero-order chi connectivity index (χ0) is 18.6. The lowest BCUT2D eigenvalue weighted by atomic mass is 10.2. The van der Waals surface area contributed by atoms with E-state index in [4.69, 9.17) is 4.74 Å². The molecule has 0 saturated carbocycles. The fourth-order valence-corrected chi connectivity index (χ4v) is 4.01. The molecule has 3 aromatic rings. The van der Waals surface area contributed by atoms with Crippen LogP contribution < -0.4 is 4.74 Å². The summed E-state index contributed by atoms with van der Waals surface area (Å²) in [5.74, 6) is 3.54. The van der Waals surface area contributed by atoms with Crippen molar-refractivity contribution in [3.63, 3.8) is 0 Å². The first kappa shape index (κ1) is 17.6. The molecule has 1 N–H and O–H groups in total. The Hall–Kier alpha value is -2.80. The Morgan fingerprint density at radius 3 is 2.78 bits per heavy atom. The summed E-state index contributed by atoms with van der Waals surface area (Å²) in [6.07, 6.45) is 1.74. The van der Waals surface area contributed by atoms with E-state index in [-0.39, 0.29) is 0 Å². The van der Waals surface area contributed by atoms with Crippen LogP contribution in [-0.2, 0) is 0 Å². The maximum atomic E-state index is 9.71. The van der Waals surface area contributed by atoms with Crippen molar-refractivity contribution in [2.45, 2.75) is 6.92 Å². The summed E-state index contributed by atoms with van der Waals surface area (Å²) in [5, 5.41) is 14.3. The van der Waals surface area contributed by atoms with Crippen molar-refractivity contribution in [2.75, 3.05) is 24.6 Å². The van der Waals surface area contributed by atoms with E-state index < -0.39 is 0 Å². The smallest absolute Gasteiger partial charge is 0.230 e. The molecule has 138 valence electrons. The number of rotatable bonds is 3. The van der Waals surface area contributed by atoms with Crippen molar-refractivity contribution < 1.29 is 9.94 Å². The van der Waals surface area contributed by atoms with Gasteiger partial charge in [-0.3, -0.25) is 4.98 Å². The van der Waals surface area contributed by atoms with Gasteiger partial charge in [0, 0.05) is 41.9 Å². The van der Waals surface area contributed by atoms with Gasteiger partial charge in [0.25, 0.3) is 0 Å². The molecular weight excluding hydrogens is 360 g/mol. The number of fused-ring (bicyclic) bond motifs is 1. The van der Waals surface area contributed by atoms with Crippen molar-refractivity contribution in [2.24, 2.45) is 5.16 Å². The van der Waals surface area contributed by atoms with Gasteiger partial charge >= 0.3 is 0 Å². The van der Waals surface area contributed by atoms with Gasteiger partial charge in [-0.25, -0.2) is 4.98 Å². The third-order valence-corrected chi connectivity index (χ3v) is 5.39. The SMILES string of the molecule is Cc1ccc(/C(=N/O)N2CCSCC2)c(Oc2cccc3cccnc23)n1.